The Bertz CT molecular complexity index is 275. The van der Waals surface area contributed by atoms with Gasteiger partial charge in [-0.3, -0.25) is 5.10 Å². The summed E-state index contributed by atoms with van der Waals surface area (Å²) in [5.74, 6) is 1.69. The van der Waals surface area contributed by atoms with Gasteiger partial charge in [-0.2, -0.15) is 5.10 Å². The highest BCUT2D eigenvalue weighted by molar-refractivity contribution is 5.85. The van der Waals surface area contributed by atoms with E-state index in [0.29, 0.717) is 0 Å². The van der Waals surface area contributed by atoms with Crippen LogP contribution in [0.25, 0.3) is 0 Å². The van der Waals surface area contributed by atoms with E-state index in [0.717, 1.165) is 37.8 Å². The van der Waals surface area contributed by atoms with Crippen LogP contribution < -0.4 is 5.32 Å². The molecule has 2 N–H and O–H groups in total. The topological polar surface area (TPSA) is 62.8 Å². The van der Waals surface area contributed by atoms with Crippen LogP contribution in [-0.4, -0.2) is 34.9 Å². The van der Waals surface area contributed by atoms with Gasteiger partial charge < -0.3 is 10.1 Å². The van der Waals surface area contributed by atoms with Crippen molar-refractivity contribution in [1.82, 2.24) is 20.5 Å². The molecule has 1 aromatic heterocycles. The molecule has 15 heavy (non-hydrogen) atoms. The zero-order valence-electron chi connectivity index (χ0n) is 8.52. The van der Waals surface area contributed by atoms with E-state index in [4.69, 9.17) is 4.74 Å². The van der Waals surface area contributed by atoms with Crippen molar-refractivity contribution >= 4 is 24.8 Å². The van der Waals surface area contributed by atoms with Crippen LogP contribution in [0.4, 0.5) is 0 Å². The molecule has 0 amide bonds. The molecule has 1 aliphatic rings. The lowest BCUT2D eigenvalue weighted by molar-refractivity contribution is 0.0223. The third-order valence-electron chi connectivity index (χ3n) is 2.10. The van der Waals surface area contributed by atoms with E-state index >= 15 is 0 Å². The molecular weight excluding hydrogens is 239 g/mol. The van der Waals surface area contributed by atoms with Gasteiger partial charge in [-0.05, 0) is 0 Å². The minimum absolute atomic E-state index is 0. The van der Waals surface area contributed by atoms with Gasteiger partial charge in [0.2, 0.25) is 0 Å². The number of hydrogen-bond donors (Lipinski definition) is 2. The molecule has 0 saturated carbocycles. The molecule has 2 rings (SSSR count). The Morgan fingerprint density at radius 2 is 2.27 bits per heavy atom. The molecule has 7 heteroatoms. The van der Waals surface area contributed by atoms with E-state index in [9.17, 15) is 0 Å². The number of aryl methyl sites for hydroxylation is 1. The van der Waals surface area contributed by atoms with Gasteiger partial charge in [0.1, 0.15) is 11.9 Å². The fraction of sp³-hybridized carbons (Fsp3) is 0.750. The third-order valence-corrected chi connectivity index (χ3v) is 2.10. The number of rotatable bonds is 2. The first kappa shape index (κ1) is 14.6. The average molecular weight is 255 g/mol. The number of nitrogens with one attached hydrogen (secondary N) is 2. The van der Waals surface area contributed by atoms with Gasteiger partial charge in [0, 0.05) is 19.5 Å². The Morgan fingerprint density at radius 3 is 2.80 bits per heavy atom. The molecule has 0 spiro atoms. The summed E-state index contributed by atoms with van der Waals surface area (Å²) in [5.41, 5.74) is 0. The lowest BCUT2D eigenvalue weighted by Crippen LogP contribution is -2.33. The van der Waals surface area contributed by atoms with E-state index in [1.165, 1.54) is 0 Å². The van der Waals surface area contributed by atoms with E-state index in [-0.39, 0.29) is 30.9 Å². The van der Waals surface area contributed by atoms with E-state index < -0.39 is 0 Å². The summed E-state index contributed by atoms with van der Waals surface area (Å²) in [6.07, 6.45) is 0.901. The molecule has 5 nitrogen and oxygen atoms in total. The molecule has 0 aromatic carbocycles. The second-order valence-electron chi connectivity index (χ2n) is 3.06. The van der Waals surface area contributed by atoms with Crippen LogP contribution in [0.15, 0.2) is 0 Å². The van der Waals surface area contributed by atoms with E-state index in [1.54, 1.807) is 0 Å². The van der Waals surface area contributed by atoms with Crippen LogP contribution in [-0.2, 0) is 11.2 Å². The molecule has 0 radical (unpaired) electrons. The number of nitrogens with zero attached hydrogens (tertiary/aromatic N) is 2. The Hall–Kier alpha value is -0.360. The summed E-state index contributed by atoms with van der Waals surface area (Å²) in [6, 6.07) is 0. The van der Waals surface area contributed by atoms with Gasteiger partial charge in [-0.25, -0.2) is 4.98 Å². The summed E-state index contributed by atoms with van der Waals surface area (Å²) in [7, 11) is 0. The minimum atomic E-state index is 0. The molecule has 1 aliphatic heterocycles. The number of aromatic amines is 1. The summed E-state index contributed by atoms with van der Waals surface area (Å²) in [4.78, 5) is 4.32. The molecule has 1 atom stereocenters. The number of hydrogen-bond acceptors (Lipinski definition) is 4. The molecule has 0 aliphatic carbocycles. The SMILES string of the molecule is CCc1nc(C2CNCCO2)n[nH]1.Cl.Cl. The lowest BCUT2D eigenvalue weighted by atomic mass is 10.3. The fourth-order valence-electron chi connectivity index (χ4n) is 1.34. The first-order chi connectivity index (χ1) is 6.40. The third kappa shape index (κ3) is 3.61. The first-order valence-corrected chi connectivity index (χ1v) is 4.63. The lowest BCUT2D eigenvalue weighted by Gasteiger charge is -2.20. The van der Waals surface area contributed by atoms with Gasteiger partial charge in [0.25, 0.3) is 0 Å². The van der Waals surface area contributed by atoms with Crippen LogP contribution in [0.1, 0.15) is 24.7 Å². The highest BCUT2D eigenvalue weighted by Gasteiger charge is 2.19. The van der Waals surface area contributed by atoms with Gasteiger partial charge in [-0.15, -0.1) is 24.8 Å². The van der Waals surface area contributed by atoms with Crippen LogP contribution in [0.5, 0.6) is 0 Å². The highest BCUT2D eigenvalue weighted by Crippen LogP contribution is 2.13. The maximum atomic E-state index is 5.51. The summed E-state index contributed by atoms with van der Waals surface area (Å²) < 4.78 is 5.51. The largest absolute Gasteiger partial charge is 0.367 e. The molecular formula is C8H16Cl2N4O. The predicted molar refractivity (Wildman–Crippen MR) is 61.8 cm³/mol. The molecule has 1 unspecified atom stereocenters. The average Bonchev–Trinajstić information content (AvgIpc) is 2.67. The number of ether oxygens (including phenoxy) is 1. The number of aromatic nitrogens is 3. The minimum Gasteiger partial charge on any atom is -0.367 e. The number of H-pyrrole nitrogens is 1. The Labute approximate surface area is 101 Å². The maximum absolute atomic E-state index is 5.51. The van der Waals surface area contributed by atoms with Crippen molar-refractivity contribution in [2.24, 2.45) is 0 Å². The monoisotopic (exact) mass is 254 g/mol. The fourth-order valence-corrected chi connectivity index (χ4v) is 1.34. The number of halogens is 2. The van der Waals surface area contributed by atoms with Crippen molar-refractivity contribution in [1.29, 1.82) is 0 Å². The zero-order valence-corrected chi connectivity index (χ0v) is 10.2. The Balaban J connectivity index is 0.000000980. The molecule has 1 saturated heterocycles. The zero-order chi connectivity index (χ0) is 9.10. The second kappa shape index (κ2) is 7.00. The van der Waals surface area contributed by atoms with Crippen LogP contribution in [0, 0.1) is 0 Å². The molecule has 88 valence electrons. The quantitative estimate of drug-likeness (QED) is 0.823. The normalized spacial score (nSPS) is 20.2. The van der Waals surface area contributed by atoms with Crippen molar-refractivity contribution in [2.75, 3.05) is 19.7 Å². The van der Waals surface area contributed by atoms with E-state index in [2.05, 4.69) is 20.5 Å². The molecule has 1 fully saturated rings. The van der Waals surface area contributed by atoms with Crippen molar-refractivity contribution in [2.45, 2.75) is 19.4 Å². The van der Waals surface area contributed by atoms with Gasteiger partial charge in [-0.1, -0.05) is 6.92 Å². The Morgan fingerprint density at radius 1 is 1.47 bits per heavy atom. The van der Waals surface area contributed by atoms with Crippen molar-refractivity contribution in [3.63, 3.8) is 0 Å². The first-order valence-electron chi connectivity index (χ1n) is 4.63. The maximum Gasteiger partial charge on any atom is 0.180 e. The van der Waals surface area contributed by atoms with Gasteiger partial charge in [0.05, 0.1) is 6.61 Å². The predicted octanol–water partition coefficient (Wildman–Crippen LogP) is 0.872. The van der Waals surface area contributed by atoms with Crippen LogP contribution in [0.2, 0.25) is 0 Å². The van der Waals surface area contributed by atoms with Crippen LogP contribution >= 0.6 is 24.8 Å². The Kier molecular flexibility index (Phi) is 6.84. The van der Waals surface area contributed by atoms with Gasteiger partial charge >= 0.3 is 0 Å². The standard InChI is InChI=1S/C8H14N4O.2ClH/c1-2-7-10-8(12-11-7)6-5-9-3-4-13-6;;/h6,9H,2-5H2,1H3,(H,10,11,12);2*1H. The van der Waals surface area contributed by atoms with Crippen molar-refractivity contribution in [3.8, 4) is 0 Å². The van der Waals surface area contributed by atoms with Crippen molar-refractivity contribution in [3.05, 3.63) is 11.6 Å². The molecule has 0 bridgehead atoms. The summed E-state index contributed by atoms with van der Waals surface area (Å²) in [5, 5.41) is 10.2. The van der Waals surface area contributed by atoms with Gasteiger partial charge in [0.15, 0.2) is 5.82 Å². The number of morpholine rings is 1. The summed E-state index contributed by atoms with van der Waals surface area (Å²) >= 11 is 0. The van der Waals surface area contributed by atoms with Crippen molar-refractivity contribution < 1.29 is 4.74 Å². The van der Waals surface area contributed by atoms with E-state index in [1.807, 2.05) is 6.92 Å². The highest BCUT2D eigenvalue weighted by atomic mass is 35.5. The molecule has 1 aromatic rings. The second-order valence-corrected chi connectivity index (χ2v) is 3.06. The molecule has 2 heterocycles. The smallest absolute Gasteiger partial charge is 0.180 e. The van der Waals surface area contributed by atoms with Crippen LogP contribution in [0.3, 0.4) is 0 Å². The summed E-state index contributed by atoms with van der Waals surface area (Å²) in [6.45, 7) is 4.51.